The number of Topliss-reactive ketones (excluding diaryl/α,β-unsaturated/α-hetero) is 2. The van der Waals surface area contributed by atoms with Crippen molar-refractivity contribution in [2.24, 2.45) is 5.16 Å². The van der Waals surface area contributed by atoms with Crippen LogP contribution in [-0.2, 0) is 14.4 Å². The maximum Gasteiger partial charge on any atom is 0.363 e. The first-order chi connectivity index (χ1) is 19.2. The van der Waals surface area contributed by atoms with E-state index in [9.17, 15) is 14.4 Å². The normalized spacial score (nSPS) is 14.2. The van der Waals surface area contributed by atoms with Gasteiger partial charge in [-0.2, -0.15) is 0 Å². The van der Waals surface area contributed by atoms with Gasteiger partial charge in [0.05, 0.1) is 23.9 Å². The van der Waals surface area contributed by atoms with Gasteiger partial charge < -0.3 is 19.3 Å². The molecule has 0 amide bonds. The first kappa shape index (κ1) is 28.4. The zero-order valence-corrected chi connectivity index (χ0v) is 22.7. The van der Waals surface area contributed by atoms with Crippen molar-refractivity contribution < 1.29 is 24.0 Å². The molecule has 1 saturated heterocycles. The monoisotopic (exact) mass is 538 g/mol. The molecule has 3 aromatic rings. The Morgan fingerprint density at radius 2 is 1.40 bits per heavy atom. The third-order valence-electron chi connectivity index (χ3n) is 6.72. The average molecular weight is 539 g/mol. The number of carbonyl (C=O) groups excluding carboxylic acids is 3. The predicted molar refractivity (Wildman–Crippen MR) is 152 cm³/mol. The van der Waals surface area contributed by atoms with Crippen molar-refractivity contribution >= 4 is 40.4 Å². The lowest BCUT2D eigenvalue weighted by Crippen LogP contribution is -2.54. The van der Waals surface area contributed by atoms with Crippen molar-refractivity contribution in [1.29, 1.82) is 0 Å². The number of benzene rings is 3. The zero-order chi connectivity index (χ0) is 28.7. The number of amidine groups is 1. The number of morpholine rings is 1. The van der Waals surface area contributed by atoms with Gasteiger partial charge in [-0.15, -0.1) is 0 Å². The number of ketones is 2. The summed E-state index contributed by atoms with van der Waals surface area (Å²) in [5, 5.41) is 3.36. The third kappa shape index (κ3) is 6.31. The second-order valence-electron chi connectivity index (χ2n) is 9.69. The molecule has 0 spiro atoms. The van der Waals surface area contributed by atoms with Gasteiger partial charge in [-0.05, 0) is 62.4 Å². The molecule has 1 heterocycles. The van der Waals surface area contributed by atoms with Gasteiger partial charge in [-0.1, -0.05) is 36.9 Å². The molecule has 0 unspecified atom stereocenters. The van der Waals surface area contributed by atoms with Crippen LogP contribution in [0.25, 0.3) is 4.85 Å². The summed E-state index contributed by atoms with van der Waals surface area (Å²) >= 11 is 0. The molecule has 1 aliphatic rings. The minimum Gasteiger partial charge on any atom is -0.379 e. The topological polar surface area (TPSA) is 92.9 Å². The van der Waals surface area contributed by atoms with Crippen LogP contribution in [0.15, 0.2) is 84.0 Å². The van der Waals surface area contributed by atoms with Crippen molar-refractivity contribution in [2.45, 2.75) is 26.3 Å². The highest BCUT2D eigenvalue weighted by Gasteiger charge is 2.36. The largest absolute Gasteiger partial charge is 0.379 e. The molecule has 0 aliphatic carbocycles. The van der Waals surface area contributed by atoms with Crippen LogP contribution in [0.1, 0.15) is 41.5 Å². The molecule has 40 heavy (non-hydrogen) atoms. The lowest BCUT2D eigenvalue weighted by atomic mass is 9.90. The molecule has 9 heteroatoms. The van der Waals surface area contributed by atoms with Gasteiger partial charge in [0.25, 0.3) is 0 Å². The lowest BCUT2D eigenvalue weighted by molar-refractivity contribution is -0.140. The number of hydrogen-bond acceptors (Lipinski definition) is 8. The van der Waals surface area contributed by atoms with E-state index in [1.807, 2.05) is 73.3 Å². The highest BCUT2D eigenvalue weighted by molar-refractivity contribution is 6.48. The summed E-state index contributed by atoms with van der Waals surface area (Å²) in [6, 6.07) is 23.9. The van der Waals surface area contributed by atoms with Crippen LogP contribution in [-0.4, -0.2) is 60.1 Å². The Morgan fingerprint density at radius 1 is 0.875 bits per heavy atom. The number of hydrogen-bond donors (Lipinski definition) is 0. The highest BCUT2D eigenvalue weighted by atomic mass is 16.7. The summed E-state index contributed by atoms with van der Waals surface area (Å²) in [5.74, 6) is -1.87. The number of anilines is 3. The molecular weight excluding hydrogens is 508 g/mol. The maximum atomic E-state index is 13.5. The van der Waals surface area contributed by atoms with Crippen molar-refractivity contribution in [3.05, 3.63) is 101 Å². The van der Waals surface area contributed by atoms with E-state index in [-0.39, 0.29) is 11.3 Å². The quantitative estimate of drug-likeness (QED) is 0.0896. The highest BCUT2D eigenvalue weighted by Crippen LogP contribution is 2.35. The molecule has 0 radical (unpaired) electrons. The number of rotatable bonds is 9. The van der Waals surface area contributed by atoms with Crippen molar-refractivity contribution in [1.82, 2.24) is 4.90 Å². The fourth-order valence-corrected chi connectivity index (χ4v) is 4.52. The van der Waals surface area contributed by atoms with E-state index in [1.165, 1.54) is 0 Å². The van der Waals surface area contributed by atoms with E-state index in [2.05, 4.69) is 19.7 Å². The Kier molecular flexibility index (Phi) is 8.84. The molecule has 1 aliphatic heterocycles. The first-order valence-electron chi connectivity index (χ1n) is 12.8. The molecular formula is C31H30N4O5. The van der Waals surface area contributed by atoms with E-state index in [0.717, 1.165) is 24.0 Å². The summed E-state index contributed by atoms with van der Waals surface area (Å²) in [6.07, 6.45) is 0. The molecule has 0 atom stereocenters. The Morgan fingerprint density at radius 3 is 1.93 bits per heavy atom. The van der Waals surface area contributed by atoms with Gasteiger partial charge in [0.2, 0.25) is 5.78 Å². The van der Waals surface area contributed by atoms with E-state index in [4.69, 9.17) is 11.3 Å². The molecule has 0 N–H and O–H groups in total. The molecule has 0 saturated carbocycles. The Hall–Kier alpha value is -4.65. The molecule has 9 nitrogen and oxygen atoms in total. The van der Waals surface area contributed by atoms with E-state index >= 15 is 0 Å². The average Bonchev–Trinajstić information content (AvgIpc) is 2.98. The number of carbonyl (C=O) groups is 3. The fraction of sp³-hybridized carbons (Fsp3) is 0.258. The van der Waals surface area contributed by atoms with Crippen molar-refractivity contribution in [3.63, 3.8) is 0 Å². The van der Waals surface area contributed by atoms with Gasteiger partial charge in [0.1, 0.15) is 0 Å². The van der Waals surface area contributed by atoms with Crippen LogP contribution in [0.4, 0.5) is 17.1 Å². The number of oxime groups is 1. The standard InChI is InChI=1S/C31H30N4O5/c1-22(36)40-33-30(32-4)28(37)23-10-14-26(15-11-23)35(25-8-6-5-7-9-25)27-16-12-24(13-17-27)29(38)31(2,3)34-18-20-39-21-19-34/h5-17H,18-21H2,1-3H3/b33-30-. The second-order valence-corrected chi connectivity index (χ2v) is 9.69. The second kappa shape index (κ2) is 12.5. The van der Waals surface area contributed by atoms with Crippen LogP contribution in [0.5, 0.6) is 0 Å². The SMILES string of the molecule is [C-]#[N+]/C(=N\OC(C)=O)C(=O)c1ccc(N(c2ccccc2)c2ccc(C(=O)C(C)(C)N3CCOCC3)cc2)cc1. The van der Waals surface area contributed by atoms with Gasteiger partial charge in [0.15, 0.2) is 5.78 Å². The van der Waals surface area contributed by atoms with Crippen LogP contribution in [0, 0.1) is 6.57 Å². The first-order valence-corrected chi connectivity index (χ1v) is 12.8. The maximum absolute atomic E-state index is 13.5. The Bertz CT molecular complexity index is 1440. The van der Waals surface area contributed by atoms with Gasteiger partial charge in [-0.3, -0.25) is 9.69 Å². The molecule has 1 fully saturated rings. The van der Waals surface area contributed by atoms with E-state index in [0.29, 0.717) is 31.9 Å². The van der Waals surface area contributed by atoms with E-state index < -0.39 is 23.1 Å². The van der Waals surface area contributed by atoms with Crippen LogP contribution in [0.2, 0.25) is 0 Å². The summed E-state index contributed by atoms with van der Waals surface area (Å²) in [5.41, 5.74) is 2.65. The number of nitrogens with zero attached hydrogens (tertiary/aromatic N) is 4. The minimum atomic E-state index is -0.722. The summed E-state index contributed by atoms with van der Waals surface area (Å²) in [6.45, 7) is 14.9. The van der Waals surface area contributed by atoms with Crippen LogP contribution in [0.3, 0.4) is 0 Å². The summed E-state index contributed by atoms with van der Waals surface area (Å²) in [4.78, 5) is 48.9. The van der Waals surface area contributed by atoms with Crippen LogP contribution >= 0.6 is 0 Å². The van der Waals surface area contributed by atoms with E-state index in [1.54, 1.807) is 24.3 Å². The third-order valence-corrected chi connectivity index (χ3v) is 6.72. The zero-order valence-electron chi connectivity index (χ0n) is 22.7. The summed E-state index contributed by atoms with van der Waals surface area (Å²) in [7, 11) is 0. The smallest absolute Gasteiger partial charge is 0.363 e. The molecule has 0 bridgehead atoms. The van der Waals surface area contributed by atoms with Crippen molar-refractivity contribution in [3.8, 4) is 0 Å². The molecule has 4 rings (SSSR count). The number of para-hydroxylation sites is 1. The van der Waals surface area contributed by atoms with Gasteiger partial charge in [0, 0.05) is 48.2 Å². The Labute approximate surface area is 233 Å². The number of ether oxygens (including phenoxy) is 1. The fourth-order valence-electron chi connectivity index (χ4n) is 4.52. The molecule has 3 aromatic carbocycles. The van der Waals surface area contributed by atoms with Crippen molar-refractivity contribution in [2.75, 3.05) is 31.2 Å². The Balaban J connectivity index is 1.62. The molecule has 204 valence electrons. The minimum absolute atomic E-state index is 0.0427. The van der Waals surface area contributed by atoms with Crippen LogP contribution < -0.4 is 4.90 Å². The lowest BCUT2D eigenvalue weighted by Gasteiger charge is -2.39. The molecule has 0 aromatic heterocycles. The summed E-state index contributed by atoms with van der Waals surface area (Å²) < 4.78 is 5.45. The predicted octanol–water partition coefficient (Wildman–Crippen LogP) is 5.43. The van der Waals surface area contributed by atoms with Gasteiger partial charge >= 0.3 is 11.8 Å². The van der Waals surface area contributed by atoms with Gasteiger partial charge in [-0.25, -0.2) is 9.63 Å².